The summed E-state index contributed by atoms with van der Waals surface area (Å²) in [5.41, 5.74) is 2.36. The Bertz CT molecular complexity index is 570. The van der Waals surface area contributed by atoms with E-state index >= 15 is 0 Å². The summed E-state index contributed by atoms with van der Waals surface area (Å²) in [4.78, 5) is 25.1. The first-order valence-corrected chi connectivity index (χ1v) is 8.27. The van der Waals surface area contributed by atoms with Crippen molar-refractivity contribution in [1.29, 1.82) is 0 Å². The molecule has 2 aliphatic rings. The number of nitrogens with one attached hydrogen (secondary N) is 1. The van der Waals surface area contributed by atoms with Gasteiger partial charge in [0, 0.05) is 24.9 Å². The Morgan fingerprint density at radius 2 is 2.19 bits per heavy atom. The van der Waals surface area contributed by atoms with Crippen LogP contribution in [-0.4, -0.2) is 46.1 Å². The van der Waals surface area contributed by atoms with E-state index < -0.39 is 5.97 Å². The number of carbonyl (C=O) groups excluding carboxylic acids is 1. The van der Waals surface area contributed by atoms with Crippen molar-refractivity contribution in [3.63, 3.8) is 0 Å². The predicted octanol–water partition coefficient (Wildman–Crippen LogP) is 1.96. The number of aromatic carboxylic acids is 1. The molecule has 2 N–H and O–H groups in total. The molecular formula is C15H18N2O3S. The fourth-order valence-electron chi connectivity index (χ4n) is 2.78. The average molecular weight is 306 g/mol. The lowest BCUT2D eigenvalue weighted by molar-refractivity contribution is 0.0696. The van der Waals surface area contributed by atoms with Gasteiger partial charge < -0.3 is 15.3 Å². The Balaban J connectivity index is 1.69. The van der Waals surface area contributed by atoms with E-state index in [2.05, 4.69) is 5.32 Å². The molecule has 0 aliphatic carbocycles. The number of hydrogen-bond acceptors (Lipinski definition) is 3. The van der Waals surface area contributed by atoms with E-state index in [0.717, 1.165) is 35.5 Å². The molecule has 1 atom stereocenters. The first-order valence-electron chi connectivity index (χ1n) is 7.12. The molecule has 1 aromatic carbocycles. The van der Waals surface area contributed by atoms with Crippen LogP contribution in [0.3, 0.4) is 0 Å². The molecule has 2 heterocycles. The van der Waals surface area contributed by atoms with Gasteiger partial charge in [-0.05, 0) is 41.9 Å². The minimum absolute atomic E-state index is 0.0334. The van der Waals surface area contributed by atoms with Gasteiger partial charge in [0.15, 0.2) is 0 Å². The maximum atomic E-state index is 12.3. The number of fused-ring (bicyclic) bond motifs is 1. The first kappa shape index (κ1) is 14.3. The number of urea groups is 1. The van der Waals surface area contributed by atoms with Crippen molar-refractivity contribution in [3.8, 4) is 0 Å². The number of carbonyl (C=O) groups is 2. The summed E-state index contributed by atoms with van der Waals surface area (Å²) in [6, 6.07) is 5.42. The monoisotopic (exact) mass is 306 g/mol. The maximum Gasteiger partial charge on any atom is 0.335 e. The molecule has 6 heteroatoms. The van der Waals surface area contributed by atoms with Crippen LogP contribution < -0.4 is 5.32 Å². The van der Waals surface area contributed by atoms with Crippen LogP contribution in [0.25, 0.3) is 0 Å². The van der Waals surface area contributed by atoms with Crippen molar-refractivity contribution >= 4 is 23.8 Å². The van der Waals surface area contributed by atoms with Gasteiger partial charge in [0.05, 0.1) is 5.56 Å². The van der Waals surface area contributed by atoms with Gasteiger partial charge in [0.25, 0.3) is 0 Å². The second-order valence-corrected chi connectivity index (χ2v) is 6.62. The minimum Gasteiger partial charge on any atom is -0.478 e. The standard InChI is InChI=1S/C15H18N2O3S/c18-14(19)11-2-1-10-3-5-17(8-12(10)7-11)15(20)16-13-4-6-21-9-13/h1-2,7,13H,3-6,8-9H2,(H,16,20)(H,18,19). The molecule has 3 rings (SSSR count). The quantitative estimate of drug-likeness (QED) is 0.876. The molecule has 2 aliphatic heterocycles. The number of rotatable bonds is 2. The molecule has 1 aromatic rings. The van der Waals surface area contributed by atoms with Gasteiger partial charge >= 0.3 is 12.0 Å². The van der Waals surface area contributed by atoms with E-state index in [4.69, 9.17) is 5.11 Å². The molecule has 1 unspecified atom stereocenters. The Hall–Kier alpha value is -1.69. The van der Waals surface area contributed by atoms with Crippen molar-refractivity contribution in [2.45, 2.75) is 25.4 Å². The van der Waals surface area contributed by atoms with Gasteiger partial charge in [-0.2, -0.15) is 11.8 Å². The van der Waals surface area contributed by atoms with Gasteiger partial charge in [0.2, 0.25) is 0 Å². The SMILES string of the molecule is O=C(O)c1ccc2c(c1)CN(C(=O)NC1CCSC1)CC2. The number of amides is 2. The first-order chi connectivity index (χ1) is 10.1. The molecule has 5 nitrogen and oxygen atoms in total. The third-order valence-electron chi connectivity index (χ3n) is 4.01. The molecule has 1 fully saturated rings. The van der Waals surface area contributed by atoms with Gasteiger partial charge in [-0.3, -0.25) is 0 Å². The minimum atomic E-state index is -0.928. The predicted molar refractivity (Wildman–Crippen MR) is 81.8 cm³/mol. The zero-order valence-electron chi connectivity index (χ0n) is 11.7. The molecule has 0 aromatic heterocycles. The Kier molecular flexibility index (Phi) is 4.05. The lowest BCUT2D eigenvalue weighted by Gasteiger charge is -2.30. The van der Waals surface area contributed by atoms with Crippen molar-refractivity contribution in [3.05, 3.63) is 34.9 Å². The van der Waals surface area contributed by atoms with Crippen LogP contribution in [0, 0.1) is 0 Å². The van der Waals surface area contributed by atoms with Crippen LogP contribution in [0.4, 0.5) is 4.79 Å². The highest BCUT2D eigenvalue weighted by Crippen LogP contribution is 2.22. The Morgan fingerprint density at radius 1 is 1.33 bits per heavy atom. The van der Waals surface area contributed by atoms with E-state index in [1.54, 1.807) is 17.0 Å². The van der Waals surface area contributed by atoms with Crippen LogP contribution in [0.2, 0.25) is 0 Å². The molecule has 1 saturated heterocycles. The molecule has 2 amide bonds. The largest absolute Gasteiger partial charge is 0.478 e. The zero-order valence-corrected chi connectivity index (χ0v) is 12.5. The van der Waals surface area contributed by atoms with Crippen molar-refractivity contribution in [1.82, 2.24) is 10.2 Å². The third kappa shape index (κ3) is 3.15. The summed E-state index contributed by atoms with van der Waals surface area (Å²) < 4.78 is 0. The summed E-state index contributed by atoms with van der Waals surface area (Å²) in [7, 11) is 0. The van der Waals surface area contributed by atoms with Crippen LogP contribution in [0.5, 0.6) is 0 Å². The van der Waals surface area contributed by atoms with Crippen LogP contribution in [-0.2, 0) is 13.0 Å². The smallest absolute Gasteiger partial charge is 0.335 e. The molecule has 0 saturated carbocycles. The number of benzene rings is 1. The number of carboxylic acids is 1. The lowest BCUT2D eigenvalue weighted by Crippen LogP contribution is -2.46. The number of carboxylic acid groups (broad SMARTS) is 1. The number of nitrogens with zero attached hydrogens (tertiary/aromatic N) is 1. The zero-order chi connectivity index (χ0) is 14.8. The van der Waals surface area contributed by atoms with Gasteiger partial charge in [0.1, 0.15) is 0 Å². The maximum absolute atomic E-state index is 12.3. The Labute approximate surface area is 127 Å². The highest BCUT2D eigenvalue weighted by molar-refractivity contribution is 7.99. The lowest BCUT2D eigenvalue weighted by atomic mass is 9.97. The van der Waals surface area contributed by atoms with Crippen molar-refractivity contribution in [2.75, 3.05) is 18.1 Å². The molecule has 112 valence electrons. The molecular weight excluding hydrogens is 288 g/mol. The highest BCUT2D eigenvalue weighted by atomic mass is 32.2. The number of thioether (sulfide) groups is 1. The summed E-state index contributed by atoms with van der Waals surface area (Å²) in [5.74, 6) is 1.16. The normalized spacial score (nSPS) is 21.0. The fourth-order valence-corrected chi connectivity index (χ4v) is 3.93. The molecule has 0 bridgehead atoms. The average Bonchev–Trinajstić information content (AvgIpc) is 2.98. The Morgan fingerprint density at radius 3 is 2.90 bits per heavy atom. The van der Waals surface area contributed by atoms with E-state index in [-0.39, 0.29) is 17.6 Å². The topological polar surface area (TPSA) is 69.6 Å². The summed E-state index contributed by atoms with van der Waals surface area (Å²) in [6.07, 6.45) is 1.81. The van der Waals surface area contributed by atoms with Gasteiger partial charge in [-0.25, -0.2) is 9.59 Å². The fraction of sp³-hybridized carbons (Fsp3) is 0.467. The van der Waals surface area contributed by atoms with E-state index in [9.17, 15) is 9.59 Å². The molecule has 0 radical (unpaired) electrons. The molecule has 21 heavy (non-hydrogen) atoms. The van der Waals surface area contributed by atoms with Crippen molar-refractivity contribution < 1.29 is 14.7 Å². The summed E-state index contributed by atoms with van der Waals surface area (Å²) in [6.45, 7) is 1.17. The van der Waals surface area contributed by atoms with E-state index in [1.807, 2.05) is 17.8 Å². The van der Waals surface area contributed by atoms with Gasteiger partial charge in [-0.1, -0.05) is 6.07 Å². The summed E-state index contributed by atoms with van der Waals surface area (Å²) >= 11 is 1.87. The van der Waals surface area contributed by atoms with E-state index in [1.165, 1.54) is 0 Å². The highest BCUT2D eigenvalue weighted by Gasteiger charge is 2.24. The number of hydrogen-bond donors (Lipinski definition) is 2. The third-order valence-corrected chi connectivity index (χ3v) is 5.17. The van der Waals surface area contributed by atoms with Gasteiger partial charge in [-0.15, -0.1) is 0 Å². The molecule has 0 spiro atoms. The van der Waals surface area contributed by atoms with Crippen LogP contribution in [0.1, 0.15) is 27.9 Å². The van der Waals surface area contributed by atoms with E-state index in [0.29, 0.717) is 13.1 Å². The summed E-state index contributed by atoms with van der Waals surface area (Å²) in [5, 5.41) is 12.1. The van der Waals surface area contributed by atoms with Crippen LogP contribution >= 0.6 is 11.8 Å². The second kappa shape index (κ2) is 5.97. The van der Waals surface area contributed by atoms with Crippen molar-refractivity contribution in [2.24, 2.45) is 0 Å². The van der Waals surface area contributed by atoms with Crippen LogP contribution in [0.15, 0.2) is 18.2 Å². The second-order valence-electron chi connectivity index (χ2n) is 5.47.